The third-order valence-corrected chi connectivity index (χ3v) is 1.21. The molecule has 0 aliphatic heterocycles. The van der Waals surface area contributed by atoms with Crippen molar-refractivity contribution in [1.29, 1.82) is 0 Å². The lowest BCUT2D eigenvalue weighted by Crippen LogP contribution is -1.93. The first-order valence-corrected chi connectivity index (χ1v) is 2.91. The minimum Gasteiger partial charge on any atom is -0.215 e. The van der Waals surface area contributed by atoms with E-state index in [0.717, 1.165) is 0 Å². The van der Waals surface area contributed by atoms with E-state index in [0.29, 0.717) is 0 Å². The van der Waals surface area contributed by atoms with Crippen LogP contribution in [0.3, 0.4) is 0 Å². The molecule has 1 aromatic heterocycles. The highest BCUT2D eigenvalue weighted by molar-refractivity contribution is 6.32. The van der Waals surface area contributed by atoms with Crippen molar-refractivity contribution >= 4 is 23.2 Å². The molecule has 0 saturated carbocycles. The Hall–Kier alpha value is -0.480. The van der Waals surface area contributed by atoms with Gasteiger partial charge in [-0.05, 0) is 0 Å². The van der Waals surface area contributed by atoms with Gasteiger partial charge in [-0.15, -0.1) is 0 Å². The zero-order valence-corrected chi connectivity index (χ0v) is 5.92. The summed E-state index contributed by atoms with van der Waals surface area (Å²) >= 11 is 10.2. The maximum absolute atomic E-state index is 12.2. The molecule has 1 rings (SSSR count). The van der Waals surface area contributed by atoms with Crippen LogP contribution in [0.2, 0.25) is 10.3 Å². The molecule has 0 atom stereocenters. The molecule has 0 unspecified atom stereocenters. The second kappa shape index (κ2) is 2.64. The summed E-state index contributed by atoms with van der Waals surface area (Å²) in [6, 6.07) is 0. The Kier molecular flexibility index (Phi) is 2.01. The van der Waals surface area contributed by atoms with E-state index in [2.05, 4.69) is 9.97 Å². The van der Waals surface area contributed by atoms with Gasteiger partial charge in [-0.2, -0.15) is 13.8 Å². The molecule has 0 amide bonds. The summed E-state index contributed by atoms with van der Waals surface area (Å²) in [5.74, 6) is -2.33. The quantitative estimate of drug-likeness (QED) is 0.618. The van der Waals surface area contributed by atoms with Gasteiger partial charge in [0.25, 0.3) is 11.9 Å². The van der Waals surface area contributed by atoms with Crippen LogP contribution in [0.4, 0.5) is 8.78 Å². The molecule has 2 nitrogen and oxygen atoms in total. The molecule has 0 radical (unpaired) electrons. The second-order valence-corrected chi connectivity index (χ2v) is 2.10. The van der Waals surface area contributed by atoms with Gasteiger partial charge < -0.3 is 0 Å². The highest BCUT2D eigenvalue weighted by Crippen LogP contribution is 2.14. The Morgan fingerprint density at radius 3 is 1.60 bits per heavy atom. The van der Waals surface area contributed by atoms with Crippen molar-refractivity contribution in [3.63, 3.8) is 0 Å². The molecule has 10 heavy (non-hydrogen) atoms. The molecule has 6 heteroatoms. The summed E-state index contributed by atoms with van der Waals surface area (Å²) in [5, 5.41) is -1.07. The molecule has 0 saturated heterocycles. The molecule has 0 fully saturated rings. The van der Waals surface area contributed by atoms with E-state index < -0.39 is 22.2 Å². The van der Waals surface area contributed by atoms with Gasteiger partial charge in [0, 0.05) is 0 Å². The van der Waals surface area contributed by atoms with Crippen molar-refractivity contribution in [2.45, 2.75) is 0 Å². The SMILES string of the molecule is Fc1nc(F)c(Cl)nc1Cl. The summed E-state index contributed by atoms with van der Waals surface area (Å²) in [4.78, 5) is 5.80. The highest BCUT2D eigenvalue weighted by atomic mass is 35.5. The number of hydrogen-bond acceptors (Lipinski definition) is 2. The summed E-state index contributed by atoms with van der Waals surface area (Å²) in [6.07, 6.45) is 0. The molecule has 0 aromatic carbocycles. The zero-order valence-electron chi connectivity index (χ0n) is 4.41. The number of nitrogens with zero attached hydrogens (tertiary/aromatic N) is 2. The first-order valence-electron chi connectivity index (χ1n) is 2.15. The monoisotopic (exact) mass is 184 g/mol. The highest BCUT2D eigenvalue weighted by Gasteiger charge is 2.08. The third kappa shape index (κ3) is 1.33. The molecule has 0 bridgehead atoms. The van der Waals surface area contributed by atoms with Crippen molar-refractivity contribution in [1.82, 2.24) is 9.97 Å². The van der Waals surface area contributed by atoms with Crippen LogP contribution in [-0.4, -0.2) is 9.97 Å². The number of halogens is 4. The van der Waals surface area contributed by atoms with Crippen molar-refractivity contribution in [2.75, 3.05) is 0 Å². The zero-order chi connectivity index (χ0) is 7.72. The Labute approximate surface area is 64.8 Å². The molecule has 54 valence electrons. The predicted octanol–water partition coefficient (Wildman–Crippen LogP) is 2.06. The Morgan fingerprint density at radius 1 is 0.900 bits per heavy atom. The summed E-state index contributed by atoms with van der Waals surface area (Å²) < 4.78 is 24.3. The van der Waals surface area contributed by atoms with E-state index in [-0.39, 0.29) is 0 Å². The Bertz CT molecular complexity index is 215. The van der Waals surface area contributed by atoms with E-state index >= 15 is 0 Å². The largest absolute Gasteiger partial charge is 0.253 e. The van der Waals surface area contributed by atoms with E-state index in [9.17, 15) is 8.78 Å². The smallest absolute Gasteiger partial charge is 0.215 e. The van der Waals surface area contributed by atoms with Crippen LogP contribution in [0.15, 0.2) is 0 Å². The summed E-state index contributed by atoms with van der Waals surface area (Å²) in [7, 11) is 0. The van der Waals surface area contributed by atoms with Crippen LogP contribution in [-0.2, 0) is 0 Å². The molecule has 1 heterocycles. The van der Waals surface area contributed by atoms with E-state index in [1.54, 1.807) is 0 Å². The lowest BCUT2D eigenvalue weighted by molar-refractivity contribution is 0.504. The second-order valence-electron chi connectivity index (χ2n) is 1.39. The van der Waals surface area contributed by atoms with Gasteiger partial charge >= 0.3 is 0 Å². The topological polar surface area (TPSA) is 25.8 Å². The van der Waals surface area contributed by atoms with E-state index in [1.807, 2.05) is 0 Å². The minimum atomic E-state index is -1.16. The molecule has 0 spiro atoms. The number of aromatic nitrogens is 2. The Balaban J connectivity index is 3.28. The van der Waals surface area contributed by atoms with Crippen LogP contribution in [0, 0.1) is 11.9 Å². The fourth-order valence-corrected chi connectivity index (χ4v) is 0.654. The lowest BCUT2D eigenvalue weighted by atomic mass is 10.7. The fourth-order valence-electron chi connectivity index (χ4n) is 0.357. The normalized spacial score (nSPS) is 10.0. The third-order valence-electron chi connectivity index (χ3n) is 0.733. The van der Waals surface area contributed by atoms with Gasteiger partial charge in [-0.3, -0.25) is 0 Å². The lowest BCUT2D eigenvalue weighted by Gasteiger charge is -1.92. The number of hydrogen-bond donors (Lipinski definition) is 0. The van der Waals surface area contributed by atoms with E-state index in [1.165, 1.54) is 0 Å². The van der Waals surface area contributed by atoms with Crippen LogP contribution >= 0.6 is 23.2 Å². The summed E-state index contributed by atoms with van der Waals surface area (Å²) in [6.45, 7) is 0. The van der Waals surface area contributed by atoms with Gasteiger partial charge in [0.1, 0.15) is 0 Å². The molecular formula is C4Cl2F2N2. The first-order chi connectivity index (χ1) is 4.61. The maximum atomic E-state index is 12.2. The first kappa shape index (κ1) is 7.63. The molecule has 1 aromatic rings. The van der Waals surface area contributed by atoms with Gasteiger partial charge in [-0.25, -0.2) is 4.98 Å². The van der Waals surface area contributed by atoms with Gasteiger partial charge in [0.2, 0.25) is 0 Å². The number of rotatable bonds is 0. The Morgan fingerprint density at radius 2 is 1.30 bits per heavy atom. The summed E-state index contributed by atoms with van der Waals surface area (Å²) in [5.41, 5.74) is 0. The van der Waals surface area contributed by atoms with Crippen molar-refractivity contribution in [2.24, 2.45) is 0 Å². The van der Waals surface area contributed by atoms with Gasteiger partial charge in [0.15, 0.2) is 10.3 Å². The minimum absolute atomic E-state index is 0.536. The standard InChI is InChI=1S/C4Cl2F2N2/c5-1-3(7)10-4(8)2(6)9-1. The van der Waals surface area contributed by atoms with Gasteiger partial charge in [0.05, 0.1) is 0 Å². The van der Waals surface area contributed by atoms with Crippen LogP contribution in [0.25, 0.3) is 0 Å². The van der Waals surface area contributed by atoms with Crippen molar-refractivity contribution in [3.05, 3.63) is 22.2 Å². The molecule has 0 N–H and O–H groups in total. The van der Waals surface area contributed by atoms with Crippen molar-refractivity contribution in [3.8, 4) is 0 Å². The molecular weight excluding hydrogens is 185 g/mol. The van der Waals surface area contributed by atoms with Crippen LogP contribution < -0.4 is 0 Å². The fraction of sp³-hybridized carbons (Fsp3) is 0. The predicted molar refractivity (Wildman–Crippen MR) is 32.0 cm³/mol. The maximum Gasteiger partial charge on any atom is 0.253 e. The van der Waals surface area contributed by atoms with Crippen LogP contribution in [0.1, 0.15) is 0 Å². The van der Waals surface area contributed by atoms with Gasteiger partial charge in [-0.1, -0.05) is 23.2 Å². The van der Waals surface area contributed by atoms with Crippen molar-refractivity contribution < 1.29 is 8.78 Å². The average molecular weight is 185 g/mol. The van der Waals surface area contributed by atoms with E-state index in [4.69, 9.17) is 23.2 Å². The molecule has 0 aliphatic carbocycles. The molecule has 0 aliphatic rings. The van der Waals surface area contributed by atoms with Crippen LogP contribution in [0.5, 0.6) is 0 Å². The average Bonchev–Trinajstić information content (AvgIpc) is 1.84.